The Bertz CT molecular complexity index is 563. The van der Waals surface area contributed by atoms with Crippen molar-refractivity contribution in [1.29, 1.82) is 0 Å². The van der Waals surface area contributed by atoms with E-state index in [9.17, 15) is 4.79 Å². The largest absolute Gasteiger partial charge is 0.484 e. The Kier molecular flexibility index (Phi) is 4.13. The molecule has 0 radical (unpaired) electrons. The number of hydrazine groups is 1. The van der Waals surface area contributed by atoms with E-state index < -0.39 is 5.91 Å². The van der Waals surface area contributed by atoms with Crippen molar-refractivity contribution >= 4 is 17.2 Å². The highest BCUT2D eigenvalue weighted by molar-refractivity contribution is 7.11. The summed E-state index contributed by atoms with van der Waals surface area (Å²) in [5, 5.41) is 6.25. The standard InChI is InChI=1S/C11H15N5O2S/c1-7(2)16-4-9(3-13-16)18-5-8-6-19-11(14-8)10(17)15-12/h3-4,6-7H,5,12H2,1-2H3,(H,15,17). The van der Waals surface area contributed by atoms with Crippen LogP contribution < -0.4 is 16.0 Å². The van der Waals surface area contributed by atoms with Crippen molar-refractivity contribution in [2.24, 2.45) is 5.84 Å². The molecule has 0 atom stereocenters. The molecule has 0 aromatic carbocycles. The third-order valence-corrected chi connectivity index (χ3v) is 3.26. The Morgan fingerprint density at radius 1 is 1.63 bits per heavy atom. The highest BCUT2D eigenvalue weighted by atomic mass is 32.1. The molecule has 8 heteroatoms. The molecule has 19 heavy (non-hydrogen) atoms. The van der Waals surface area contributed by atoms with E-state index in [4.69, 9.17) is 10.6 Å². The molecule has 1 amide bonds. The number of hydrogen-bond acceptors (Lipinski definition) is 6. The van der Waals surface area contributed by atoms with Gasteiger partial charge in [0.25, 0.3) is 5.91 Å². The monoisotopic (exact) mass is 281 g/mol. The SMILES string of the molecule is CC(C)n1cc(OCc2csc(C(=O)NN)n2)cn1. The average molecular weight is 281 g/mol. The van der Waals surface area contributed by atoms with Crippen LogP contribution in [-0.4, -0.2) is 20.7 Å². The smallest absolute Gasteiger partial charge is 0.294 e. The molecule has 3 N–H and O–H groups in total. The van der Waals surface area contributed by atoms with Gasteiger partial charge >= 0.3 is 0 Å². The van der Waals surface area contributed by atoms with Crippen LogP contribution in [0.15, 0.2) is 17.8 Å². The van der Waals surface area contributed by atoms with E-state index in [2.05, 4.69) is 10.1 Å². The fraction of sp³-hybridized carbons (Fsp3) is 0.364. The molecule has 0 fully saturated rings. The fourth-order valence-corrected chi connectivity index (χ4v) is 2.08. The molecule has 0 aliphatic rings. The summed E-state index contributed by atoms with van der Waals surface area (Å²) < 4.78 is 7.36. The van der Waals surface area contributed by atoms with Crippen LogP contribution in [0.3, 0.4) is 0 Å². The first kappa shape index (κ1) is 13.5. The molecule has 0 aliphatic carbocycles. The first-order chi connectivity index (χ1) is 9.10. The number of ether oxygens (including phenoxy) is 1. The van der Waals surface area contributed by atoms with Gasteiger partial charge in [-0.1, -0.05) is 0 Å². The number of hydrogen-bond donors (Lipinski definition) is 2. The minimum atomic E-state index is -0.399. The molecular weight excluding hydrogens is 266 g/mol. The molecule has 2 rings (SSSR count). The second-order valence-electron chi connectivity index (χ2n) is 4.16. The molecule has 2 aromatic heterocycles. The molecule has 102 valence electrons. The molecular formula is C11H15N5O2S. The lowest BCUT2D eigenvalue weighted by atomic mass is 10.4. The van der Waals surface area contributed by atoms with Crippen LogP contribution in [0.5, 0.6) is 5.75 Å². The van der Waals surface area contributed by atoms with Crippen molar-refractivity contribution in [3.63, 3.8) is 0 Å². The van der Waals surface area contributed by atoms with Gasteiger partial charge in [0.2, 0.25) is 0 Å². The number of carbonyl (C=O) groups excluding carboxylic acids is 1. The number of carbonyl (C=O) groups is 1. The average Bonchev–Trinajstić information content (AvgIpc) is 3.04. The Hall–Kier alpha value is -1.93. The van der Waals surface area contributed by atoms with Crippen LogP contribution in [-0.2, 0) is 6.61 Å². The maximum absolute atomic E-state index is 11.2. The van der Waals surface area contributed by atoms with Crippen LogP contribution in [0, 0.1) is 0 Å². The van der Waals surface area contributed by atoms with Gasteiger partial charge in [-0.2, -0.15) is 5.10 Å². The van der Waals surface area contributed by atoms with Crippen LogP contribution in [0.1, 0.15) is 35.4 Å². The summed E-state index contributed by atoms with van der Waals surface area (Å²) in [5.74, 6) is 5.31. The summed E-state index contributed by atoms with van der Waals surface area (Å²) in [5.41, 5.74) is 2.72. The van der Waals surface area contributed by atoms with Gasteiger partial charge in [-0.3, -0.25) is 14.9 Å². The van der Waals surface area contributed by atoms with Crippen LogP contribution >= 0.6 is 11.3 Å². The Morgan fingerprint density at radius 2 is 2.42 bits per heavy atom. The maximum atomic E-state index is 11.2. The molecule has 0 unspecified atom stereocenters. The number of nitrogens with one attached hydrogen (secondary N) is 1. The lowest BCUT2D eigenvalue weighted by molar-refractivity contribution is 0.0953. The number of amides is 1. The van der Waals surface area contributed by atoms with Crippen LogP contribution in [0.4, 0.5) is 0 Å². The van der Waals surface area contributed by atoms with Gasteiger partial charge in [-0.15, -0.1) is 11.3 Å². The lowest BCUT2D eigenvalue weighted by Gasteiger charge is -2.03. The van der Waals surface area contributed by atoms with Crippen molar-refractivity contribution in [1.82, 2.24) is 20.2 Å². The summed E-state index contributed by atoms with van der Waals surface area (Å²) in [6.07, 6.45) is 3.48. The third kappa shape index (κ3) is 3.30. The van der Waals surface area contributed by atoms with Gasteiger partial charge < -0.3 is 4.74 Å². The normalized spacial score (nSPS) is 10.7. The molecule has 0 saturated carbocycles. The highest BCUT2D eigenvalue weighted by Crippen LogP contribution is 2.15. The third-order valence-electron chi connectivity index (χ3n) is 2.37. The number of nitrogen functional groups attached to an aromatic ring is 1. The van der Waals surface area contributed by atoms with Gasteiger partial charge in [-0.25, -0.2) is 10.8 Å². The van der Waals surface area contributed by atoms with Crippen molar-refractivity contribution in [2.75, 3.05) is 0 Å². The number of rotatable bonds is 5. The molecule has 0 aliphatic heterocycles. The predicted octanol–water partition coefficient (Wildman–Crippen LogP) is 1.10. The van der Waals surface area contributed by atoms with Gasteiger partial charge in [-0.05, 0) is 13.8 Å². The maximum Gasteiger partial charge on any atom is 0.294 e. The van der Waals surface area contributed by atoms with E-state index in [0.29, 0.717) is 16.5 Å². The van der Waals surface area contributed by atoms with Gasteiger partial charge in [0.1, 0.15) is 6.61 Å². The molecule has 2 aromatic rings. The highest BCUT2D eigenvalue weighted by Gasteiger charge is 2.10. The Morgan fingerprint density at radius 3 is 3.05 bits per heavy atom. The zero-order valence-electron chi connectivity index (χ0n) is 10.7. The number of aromatic nitrogens is 3. The van der Waals surface area contributed by atoms with Crippen molar-refractivity contribution in [3.05, 3.63) is 28.5 Å². The van der Waals surface area contributed by atoms with E-state index in [0.717, 1.165) is 0 Å². The molecule has 7 nitrogen and oxygen atoms in total. The quantitative estimate of drug-likeness (QED) is 0.486. The lowest BCUT2D eigenvalue weighted by Crippen LogP contribution is -2.29. The van der Waals surface area contributed by atoms with Crippen molar-refractivity contribution in [3.8, 4) is 5.75 Å². The zero-order chi connectivity index (χ0) is 13.8. The number of nitrogens with two attached hydrogens (primary N) is 1. The summed E-state index contributed by atoms with van der Waals surface area (Å²) in [6.45, 7) is 4.36. The summed E-state index contributed by atoms with van der Waals surface area (Å²) in [6, 6.07) is 0.288. The van der Waals surface area contributed by atoms with E-state index >= 15 is 0 Å². The molecule has 0 bridgehead atoms. The first-order valence-electron chi connectivity index (χ1n) is 5.72. The second kappa shape index (κ2) is 5.81. The Balaban J connectivity index is 1.94. The molecule has 0 spiro atoms. The van der Waals surface area contributed by atoms with Crippen LogP contribution in [0.2, 0.25) is 0 Å². The minimum absolute atomic E-state index is 0.288. The van der Waals surface area contributed by atoms with Gasteiger partial charge in [0.15, 0.2) is 10.8 Å². The van der Waals surface area contributed by atoms with E-state index in [1.54, 1.807) is 11.6 Å². The zero-order valence-corrected chi connectivity index (χ0v) is 11.5. The van der Waals surface area contributed by atoms with E-state index in [1.165, 1.54) is 11.3 Å². The van der Waals surface area contributed by atoms with Gasteiger partial charge in [0.05, 0.1) is 18.1 Å². The molecule has 2 heterocycles. The van der Waals surface area contributed by atoms with E-state index in [1.807, 2.05) is 30.2 Å². The Labute approximate surface area is 114 Å². The number of thiazole rings is 1. The first-order valence-corrected chi connectivity index (χ1v) is 6.60. The topological polar surface area (TPSA) is 95.1 Å². The minimum Gasteiger partial charge on any atom is -0.484 e. The van der Waals surface area contributed by atoms with Gasteiger partial charge in [0, 0.05) is 11.4 Å². The predicted molar refractivity (Wildman–Crippen MR) is 70.7 cm³/mol. The summed E-state index contributed by atoms with van der Waals surface area (Å²) in [7, 11) is 0. The summed E-state index contributed by atoms with van der Waals surface area (Å²) in [4.78, 5) is 15.3. The summed E-state index contributed by atoms with van der Waals surface area (Å²) >= 11 is 1.22. The van der Waals surface area contributed by atoms with Crippen LogP contribution in [0.25, 0.3) is 0 Å². The fourth-order valence-electron chi connectivity index (χ4n) is 1.37. The van der Waals surface area contributed by atoms with Crippen molar-refractivity contribution < 1.29 is 9.53 Å². The molecule has 0 saturated heterocycles. The van der Waals surface area contributed by atoms with E-state index in [-0.39, 0.29) is 12.6 Å². The number of nitrogens with zero attached hydrogens (tertiary/aromatic N) is 3. The van der Waals surface area contributed by atoms with Crippen molar-refractivity contribution in [2.45, 2.75) is 26.5 Å². The second-order valence-corrected chi connectivity index (χ2v) is 5.01.